The minimum absolute atomic E-state index is 0.00162. The Balaban J connectivity index is 2.06. The first-order valence-electron chi connectivity index (χ1n) is 13.2. The Bertz CT molecular complexity index is 1380. The fourth-order valence-corrected chi connectivity index (χ4v) is 5.45. The number of sulfonamides is 1. The van der Waals surface area contributed by atoms with Crippen molar-refractivity contribution in [1.29, 1.82) is 0 Å². The average molecular weight is 570 g/mol. The van der Waals surface area contributed by atoms with E-state index in [0.717, 1.165) is 4.31 Å². The van der Waals surface area contributed by atoms with E-state index in [1.807, 2.05) is 13.8 Å². The standard InChI is InChI=1S/C30H36FN3O5S/c1-5-22(3)32-30(36)23(4)33(20-24-16-18-25(31)19-17-24)29(35)21-34(27-14-10-11-15-28(27)39-6-2)40(37,38)26-12-8-7-9-13-26/h7-19,22-23H,5-6,20-21H2,1-4H3,(H,32,36)/t22-,23+/m1/s1. The molecule has 3 aromatic rings. The topological polar surface area (TPSA) is 96.0 Å². The van der Waals surface area contributed by atoms with Crippen LogP contribution >= 0.6 is 0 Å². The van der Waals surface area contributed by atoms with E-state index >= 15 is 0 Å². The Kier molecular flexibility index (Phi) is 10.7. The van der Waals surface area contributed by atoms with Gasteiger partial charge in [-0.05, 0) is 69.2 Å². The Hall–Kier alpha value is -3.92. The van der Waals surface area contributed by atoms with Gasteiger partial charge in [0.05, 0.1) is 17.2 Å². The molecule has 8 nitrogen and oxygen atoms in total. The van der Waals surface area contributed by atoms with Gasteiger partial charge in [-0.2, -0.15) is 0 Å². The Morgan fingerprint density at radius 1 is 0.925 bits per heavy atom. The van der Waals surface area contributed by atoms with E-state index in [1.165, 1.54) is 41.3 Å². The highest BCUT2D eigenvalue weighted by atomic mass is 32.2. The molecule has 2 amide bonds. The predicted octanol–water partition coefficient (Wildman–Crippen LogP) is 4.75. The third kappa shape index (κ3) is 7.59. The molecule has 0 saturated carbocycles. The maximum atomic E-state index is 14.0. The van der Waals surface area contributed by atoms with Crippen LogP contribution in [0.4, 0.5) is 10.1 Å². The van der Waals surface area contributed by atoms with Crippen LogP contribution in [0.3, 0.4) is 0 Å². The summed E-state index contributed by atoms with van der Waals surface area (Å²) in [5.41, 5.74) is 0.783. The maximum absolute atomic E-state index is 14.0. The van der Waals surface area contributed by atoms with E-state index in [0.29, 0.717) is 17.7 Å². The van der Waals surface area contributed by atoms with Crippen LogP contribution in [0.2, 0.25) is 0 Å². The Morgan fingerprint density at radius 2 is 1.55 bits per heavy atom. The van der Waals surface area contributed by atoms with Gasteiger partial charge in [0.25, 0.3) is 10.0 Å². The molecule has 0 bridgehead atoms. The van der Waals surface area contributed by atoms with Crippen LogP contribution in [0.15, 0.2) is 83.8 Å². The number of carbonyl (C=O) groups excluding carboxylic acids is 2. The molecule has 0 fully saturated rings. The Labute approximate surface area is 235 Å². The third-order valence-electron chi connectivity index (χ3n) is 6.48. The van der Waals surface area contributed by atoms with E-state index in [9.17, 15) is 22.4 Å². The van der Waals surface area contributed by atoms with Crippen molar-refractivity contribution >= 4 is 27.5 Å². The van der Waals surface area contributed by atoms with Gasteiger partial charge in [0.2, 0.25) is 11.8 Å². The molecule has 0 radical (unpaired) electrons. The number of hydrogen-bond acceptors (Lipinski definition) is 5. The van der Waals surface area contributed by atoms with E-state index in [2.05, 4.69) is 5.32 Å². The van der Waals surface area contributed by atoms with Crippen LogP contribution in [0.1, 0.15) is 39.7 Å². The summed E-state index contributed by atoms with van der Waals surface area (Å²) >= 11 is 0. The number of anilines is 1. The summed E-state index contributed by atoms with van der Waals surface area (Å²) in [7, 11) is -4.22. The number of benzene rings is 3. The van der Waals surface area contributed by atoms with Gasteiger partial charge in [0.15, 0.2) is 0 Å². The molecule has 0 heterocycles. The molecule has 2 atom stereocenters. The minimum Gasteiger partial charge on any atom is -0.492 e. The first-order valence-corrected chi connectivity index (χ1v) is 14.7. The lowest BCUT2D eigenvalue weighted by Crippen LogP contribution is -2.52. The first-order chi connectivity index (χ1) is 19.1. The van der Waals surface area contributed by atoms with E-state index in [1.54, 1.807) is 56.3 Å². The fraction of sp³-hybridized carbons (Fsp3) is 0.333. The maximum Gasteiger partial charge on any atom is 0.264 e. The molecule has 214 valence electrons. The van der Waals surface area contributed by atoms with Crippen LogP contribution in [0.5, 0.6) is 5.75 Å². The van der Waals surface area contributed by atoms with Crippen LogP contribution in [-0.2, 0) is 26.2 Å². The number of amides is 2. The molecule has 1 N–H and O–H groups in total. The van der Waals surface area contributed by atoms with Gasteiger partial charge in [-0.3, -0.25) is 13.9 Å². The number of ether oxygens (including phenoxy) is 1. The highest BCUT2D eigenvalue weighted by Gasteiger charge is 2.34. The van der Waals surface area contributed by atoms with E-state index < -0.39 is 34.3 Å². The zero-order chi connectivity index (χ0) is 29.3. The number of rotatable bonds is 13. The quantitative estimate of drug-likeness (QED) is 0.321. The number of nitrogens with one attached hydrogen (secondary N) is 1. The Morgan fingerprint density at radius 3 is 2.17 bits per heavy atom. The normalized spacial score (nSPS) is 12.7. The van der Waals surface area contributed by atoms with Crippen molar-refractivity contribution in [2.75, 3.05) is 17.5 Å². The van der Waals surface area contributed by atoms with Gasteiger partial charge in [-0.15, -0.1) is 0 Å². The van der Waals surface area contributed by atoms with E-state index in [-0.39, 0.29) is 35.7 Å². The summed E-state index contributed by atoms with van der Waals surface area (Å²) in [6.07, 6.45) is 0.696. The van der Waals surface area contributed by atoms with Crippen molar-refractivity contribution in [2.45, 2.75) is 57.6 Å². The summed E-state index contributed by atoms with van der Waals surface area (Å²) in [6, 6.07) is 18.9. The first kappa shape index (κ1) is 30.6. The second-order valence-electron chi connectivity index (χ2n) is 9.37. The molecule has 3 aromatic carbocycles. The molecule has 10 heteroatoms. The number of para-hydroxylation sites is 2. The molecule has 0 aliphatic carbocycles. The summed E-state index contributed by atoms with van der Waals surface area (Å²) in [5, 5.41) is 2.88. The number of carbonyl (C=O) groups is 2. The van der Waals surface area contributed by atoms with Gasteiger partial charge in [-0.25, -0.2) is 12.8 Å². The SMILES string of the molecule is CCOc1ccccc1N(CC(=O)N(Cc1ccc(F)cc1)[C@@H](C)C(=O)N[C@H](C)CC)S(=O)(=O)c1ccccc1. The summed E-state index contributed by atoms with van der Waals surface area (Å²) in [5.74, 6) is -1.12. The number of halogens is 1. The summed E-state index contributed by atoms with van der Waals surface area (Å²) < 4.78 is 48.1. The van der Waals surface area contributed by atoms with Crippen molar-refractivity contribution in [3.05, 3.63) is 90.2 Å². The highest BCUT2D eigenvalue weighted by molar-refractivity contribution is 7.92. The summed E-state index contributed by atoms with van der Waals surface area (Å²) in [6.45, 7) is 6.82. The molecule has 0 aromatic heterocycles. The van der Waals surface area contributed by atoms with Crippen LogP contribution in [0, 0.1) is 5.82 Å². The van der Waals surface area contributed by atoms with Crippen LogP contribution in [0.25, 0.3) is 0 Å². The lowest BCUT2D eigenvalue weighted by Gasteiger charge is -2.32. The smallest absolute Gasteiger partial charge is 0.264 e. The molecule has 0 spiro atoms. The lowest BCUT2D eigenvalue weighted by atomic mass is 10.1. The van der Waals surface area contributed by atoms with Crippen molar-refractivity contribution in [1.82, 2.24) is 10.2 Å². The fourth-order valence-electron chi connectivity index (χ4n) is 4.01. The monoisotopic (exact) mass is 569 g/mol. The second-order valence-corrected chi connectivity index (χ2v) is 11.2. The molecule has 0 aliphatic heterocycles. The van der Waals surface area contributed by atoms with Gasteiger partial charge >= 0.3 is 0 Å². The van der Waals surface area contributed by atoms with Crippen molar-refractivity contribution in [3.8, 4) is 5.75 Å². The summed E-state index contributed by atoms with van der Waals surface area (Å²) in [4.78, 5) is 28.4. The van der Waals surface area contributed by atoms with Crippen LogP contribution in [-0.4, -0.2) is 50.4 Å². The number of hydrogen-bond donors (Lipinski definition) is 1. The van der Waals surface area contributed by atoms with E-state index in [4.69, 9.17) is 4.74 Å². The van der Waals surface area contributed by atoms with Gasteiger partial charge in [0.1, 0.15) is 24.2 Å². The highest BCUT2D eigenvalue weighted by Crippen LogP contribution is 2.32. The van der Waals surface area contributed by atoms with Crippen molar-refractivity contribution in [2.24, 2.45) is 0 Å². The molecule has 0 aliphatic rings. The van der Waals surface area contributed by atoms with Gasteiger partial charge < -0.3 is 15.0 Å². The lowest BCUT2D eigenvalue weighted by molar-refractivity contribution is -0.139. The molecular weight excluding hydrogens is 533 g/mol. The zero-order valence-electron chi connectivity index (χ0n) is 23.2. The largest absolute Gasteiger partial charge is 0.492 e. The van der Waals surface area contributed by atoms with Crippen molar-refractivity contribution < 1.29 is 27.1 Å². The molecular formula is C30H36FN3O5S. The second kappa shape index (κ2) is 13.9. The molecule has 0 unspecified atom stereocenters. The number of nitrogens with zero attached hydrogens (tertiary/aromatic N) is 2. The average Bonchev–Trinajstić information content (AvgIpc) is 2.96. The minimum atomic E-state index is -4.22. The predicted molar refractivity (Wildman–Crippen MR) is 153 cm³/mol. The van der Waals surface area contributed by atoms with Crippen LogP contribution < -0.4 is 14.4 Å². The van der Waals surface area contributed by atoms with Gasteiger partial charge in [0, 0.05) is 12.6 Å². The zero-order valence-corrected chi connectivity index (χ0v) is 24.0. The molecule has 0 saturated heterocycles. The molecule has 3 rings (SSSR count). The third-order valence-corrected chi connectivity index (χ3v) is 8.25. The molecule has 40 heavy (non-hydrogen) atoms. The van der Waals surface area contributed by atoms with Crippen molar-refractivity contribution in [3.63, 3.8) is 0 Å². The van der Waals surface area contributed by atoms with Gasteiger partial charge in [-0.1, -0.05) is 49.4 Å².